The highest BCUT2D eigenvalue weighted by Crippen LogP contribution is 2.24. The number of rotatable bonds is 5. The molecule has 0 aliphatic carbocycles. The van der Waals surface area contributed by atoms with Gasteiger partial charge in [-0.25, -0.2) is 17.8 Å². The molecule has 0 N–H and O–H groups in total. The summed E-state index contributed by atoms with van der Waals surface area (Å²) >= 11 is 7.00. The molecule has 0 atom stereocenters. The van der Waals surface area contributed by atoms with Gasteiger partial charge >= 0.3 is 0 Å². The summed E-state index contributed by atoms with van der Waals surface area (Å²) < 4.78 is 37.6. The number of nitrogens with zero attached hydrogens (tertiary/aromatic N) is 2. The topological polar surface area (TPSA) is 69.0 Å². The molecule has 0 amide bonds. The lowest BCUT2D eigenvalue weighted by molar-refractivity contribution is 0.603. The molecule has 0 aliphatic rings. The van der Waals surface area contributed by atoms with Crippen molar-refractivity contribution in [2.45, 2.75) is 5.16 Å². The van der Waals surface area contributed by atoms with Crippen LogP contribution in [0.15, 0.2) is 52.4 Å². The van der Waals surface area contributed by atoms with Crippen molar-refractivity contribution in [3.63, 3.8) is 0 Å². The van der Waals surface area contributed by atoms with Crippen LogP contribution in [-0.4, -0.2) is 35.7 Å². The van der Waals surface area contributed by atoms with E-state index in [1.165, 1.54) is 22.8 Å². The summed E-state index contributed by atoms with van der Waals surface area (Å²) in [6, 6.07) is 10.8. The molecule has 1 heterocycles. The number of halogens is 2. The fraction of sp³-hybridized carbons (Fsp3) is 0.176. The highest BCUT2D eigenvalue weighted by atomic mass is 35.5. The van der Waals surface area contributed by atoms with Crippen molar-refractivity contribution >= 4 is 44.1 Å². The molecule has 0 saturated heterocycles. The molecule has 3 aromatic rings. The summed E-state index contributed by atoms with van der Waals surface area (Å²) in [6.45, 7) is 0. The first-order valence-electron chi connectivity index (χ1n) is 7.54. The summed E-state index contributed by atoms with van der Waals surface area (Å²) in [7, 11) is -3.14. The van der Waals surface area contributed by atoms with Gasteiger partial charge in [-0.05, 0) is 30.3 Å². The Kier molecular flexibility index (Phi) is 5.36. The predicted octanol–water partition coefficient (Wildman–Crippen LogP) is 3.31. The molecule has 26 heavy (non-hydrogen) atoms. The average molecular weight is 413 g/mol. The standard InChI is InChI=1S/C17H14ClFN2O3S2/c1-26(23,24)9-8-25-17-20-15-5-3-2-4-12(15)16(22)21(17)11-6-7-14(19)13(18)10-11/h2-7,10H,8-9H2,1H3. The Bertz CT molecular complexity index is 1150. The van der Waals surface area contributed by atoms with Crippen LogP contribution in [-0.2, 0) is 9.84 Å². The van der Waals surface area contributed by atoms with E-state index in [0.717, 1.165) is 18.0 Å². The van der Waals surface area contributed by atoms with Gasteiger partial charge in [0.05, 0.1) is 27.4 Å². The second kappa shape index (κ2) is 7.38. The van der Waals surface area contributed by atoms with Crippen LogP contribution in [0, 0.1) is 5.82 Å². The minimum atomic E-state index is -3.14. The SMILES string of the molecule is CS(=O)(=O)CCSc1nc2ccccc2c(=O)n1-c1ccc(F)c(Cl)c1. The summed E-state index contributed by atoms with van der Waals surface area (Å²) in [4.78, 5) is 17.4. The van der Waals surface area contributed by atoms with E-state index in [1.54, 1.807) is 24.3 Å². The third kappa shape index (κ3) is 4.08. The molecule has 9 heteroatoms. The highest BCUT2D eigenvalue weighted by Gasteiger charge is 2.15. The summed E-state index contributed by atoms with van der Waals surface area (Å²) in [5.41, 5.74) is 0.533. The van der Waals surface area contributed by atoms with Gasteiger partial charge in [0, 0.05) is 12.0 Å². The minimum Gasteiger partial charge on any atom is -0.268 e. The lowest BCUT2D eigenvalue weighted by Crippen LogP contribution is -2.22. The van der Waals surface area contributed by atoms with Crippen LogP contribution in [0.4, 0.5) is 4.39 Å². The van der Waals surface area contributed by atoms with Crippen LogP contribution in [0.2, 0.25) is 5.02 Å². The van der Waals surface area contributed by atoms with Crippen molar-refractivity contribution in [3.8, 4) is 5.69 Å². The second-order valence-electron chi connectivity index (χ2n) is 5.63. The summed E-state index contributed by atoms with van der Waals surface area (Å²) in [6.07, 6.45) is 1.15. The lowest BCUT2D eigenvalue weighted by Gasteiger charge is -2.13. The van der Waals surface area contributed by atoms with Gasteiger partial charge in [-0.2, -0.15) is 0 Å². The highest BCUT2D eigenvalue weighted by molar-refractivity contribution is 8.00. The maximum absolute atomic E-state index is 13.5. The number of hydrogen-bond acceptors (Lipinski definition) is 5. The number of aromatic nitrogens is 2. The van der Waals surface area contributed by atoms with E-state index < -0.39 is 15.7 Å². The quantitative estimate of drug-likeness (QED) is 0.475. The Morgan fingerprint density at radius 2 is 1.96 bits per heavy atom. The minimum absolute atomic E-state index is 0.0511. The van der Waals surface area contributed by atoms with Crippen LogP contribution in [0.3, 0.4) is 0 Å². The van der Waals surface area contributed by atoms with E-state index in [9.17, 15) is 17.6 Å². The normalized spacial score (nSPS) is 11.8. The molecule has 1 aromatic heterocycles. The van der Waals surface area contributed by atoms with Gasteiger partial charge in [0.2, 0.25) is 0 Å². The van der Waals surface area contributed by atoms with Crippen molar-refractivity contribution in [3.05, 3.63) is 63.7 Å². The lowest BCUT2D eigenvalue weighted by atomic mass is 10.2. The van der Waals surface area contributed by atoms with Gasteiger partial charge in [0.1, 0.15) is 15.7 Å². The van der Waals surface area contributed by atoms with Crippen molar-refractivity contribution < 1.29 is 12.8 Å². The number of hydrogen-bond donors (Lipinski definition) is 0. The number of fused-ring (bicyclic) bond motifs is 1. The smallest absolute Gasteiger partial charge is 0.266 e. The van der Waals surface area contributed by atoms with Crippen molar-refractivity contribution in [2.75, 3.05) is 17.8 Å². The predicted molar refractivity (Wildman–Crippen MR) is 103 cm³/mol. The number of sulfone groups is 1. The maximum atomic E-state index is 13.5. The van der Waals surface area contributed by atoms with Crippen LogP contribution in [0.1, 0.15) is 0 Å². The Labute approximate surface area is 158 Å². The van der Waals surface area contributed by atoms with Crippen LogP contribution < -0.4 is 5.56 Å². The zero-order valence-electron chi connectivity index (χ0n) is 13.6. The number of para-hydroxylation sites is 1. The van der Waals surface area contributed by atoms with E-state index in [0.29, 0.717) is 21.7 Å². The maximum Gasteiger partial charge on any atom is 0.266 e. The molecule has 0 fully saturated rings. The summed E-state index contributed by atoms with van der Waals surface area (Å²) in [5.74, 6) is -0.410. The monoisotopic (exact) mass is 412 g/mol. The van der Waals surface area contributed by atoms with Crippen molar-refractivity contribution in [1.82, 2.24) is 9.55 Å². The van der Waals surface area contributed by atoms with Gasteiger partial charge in [-0.3, -0.25) is 9.36 Å². The zero-order valence-corrected chi connectivity index (χ0v) is 16.0. The largest absolute Gasteiger partial charge is 0.268 e. The van der Waals surface area contributed by atoms with Gasteiger partial charge in [0.25, 0.3) is 5.56 Å². The first kappa shape index (κ1) is 18.9. The molecular weight excluding hydrogens is 399 g/mol. The zero-order chi connectivity index (χ0) is 18.9. The molecule has 0 radical (unpaired) electrons. The van der Waals surface area contributed by atoms with Gasteiger partial charge in [-0.1, -0.05) is 35.5 Å². The third-order valence-electron chi connectivity index (χ3n) is 3.59. The Hall–Kier alpha value is -1.90. The Morgan fingerprint density at radius 1 is 1.23 bits per heavy atom. The first-order valence-corrected chi connectivity index (χ1v) is 11.0. The van der Waals surface area contributed by atoms with E-state index in [1.807, 2.05) is 0 Å². The molecule has 2 aromatic carbocycles. The molecule has 0 unspecified atom stereocenters. The van der Waals surface area contributed by atoms with Crippen LogP contribution >= 0.6 is 23.4 Å². The van der Waals surface area contributed by atoms with Gasteiger partial charge in [-0.15, -0.1) is 0 Å². The average Bonchev–Trinajstić information content (AvgIpc) is 2.57. The molecule has 0 bridgehead atoms. The molecule has 0 spiro atoms. The fourth-order valence-electron chi connectivity index (χ4n) is 2.35. The van der Waals surface area contributed by atoms with E-state index >= 15 is 0 Å². The van der Waals surface area contributed by atoms with Gasteiger partial charge in [0.15, 0.2) is 5.16 Å². The van der Waals surface area contributed by atoms with Crippen LogP contribution in [0.25, 0.3) is 16.6 Å². The molecule has 0 aliphatic heterocycles. The Balaban J connectivity index is 2.17. The van der Waals surface area contributed by atoms with E-state index in [2.05, 4.69) is 4.98 Å². The number of benzene rings is 2. The molecule has 0 saturated carbocycles. The molecular formula is C17H14ClFN2O3S2. The third-order valence-corrected chi connectivity index (χ3v) is 6.03. The van der Waals surface area contributed by atoms with E-state index in [-0.39, 0.29) is 22.1 Å². The van der Waals surface area contributed by atoms with Gasteiger partial charge < -0.3 is 0 Å². The molecule has 136 valence electrons. The first-order chi connectivity index (χ1) is 12.3. The summed E-state index contributed by atoms with van der Waals surface area (Å²) in [5, 5.41) is 0.607. The Morgan fingerprint density at radius 3 is 2.65 bits per heavy atom. The van der Waals surface area contributed by atoms with Crippen molar-refractivity contribution in [2.24, 2.45) is 0 Å². The number of thioether (sulfide) groups is 1. The molecule has 3 rings (SSSR count). The van der Waals surface area contributed by atoms with Crippen LogP contribution in [0.5, 0.6) is 0 Å². The van der Waals surface area contributed by atoms with E-state index in [4.69, 9.17) is 11.6 Å². The second-order valence-corrected chi connectivity index (χ2v) is 9.36. The fourth-order valence-corrected chi connectivity index (χ4v) is 4.73. The van der Waals surface area contributed by atoms with Crippen molar-refractivity contribution in [1.29, 1.82) is 0 Å². The molecule has 5 nitrogen and oxygen atoms in total.